The summed E-state index contributed by atoms with van der Waals surface area (Å²) in [7, 11) is 0. The van der Waals surface area contributed by atoms with E-state index in [0.29, 0.717) is 24.6 Å². The van der Waals surface area contributed by atoms with Gasteiger partial charge in [-0.05, 0) is 35.4 Å². The first-order valence-electron chi connectivity index (χ1n) is 10.8. The van der Waals surface area contributed by atoms with Crippen LogP contribution in [0, 0.1) is 5.82 Å². The lowest BCUT2D eigenvalue weighted by Gasteiger charge is -2.14. The molecule has 2 aromatic carbocycles. The number of nitrogens with one attached hydrogen (secondary N) is 3. The number of aromatic nitrogens is 4. The maximum absolute atomic E-state index is 13.1. The van der Waals surface area contributed by atoms with E-state index in [9.17, 15) is 9.18 Å². The fraction of sp³-hybridized carbons (Fsp3) is 0.125. The topological polar surface area (TPSA) is 157 Å². The smallest absolute Gasteiger partial charge is 0.278 e. The lowest BCUT2D eigenvalue weighted by Crippen LogP contribution is -2.18. The molecule has 35 heavy (non-hydrogen) atoms. The van der Waals surface area contributed by atoms with E-state index in [2.05, 4.69) is 35.9 Å². The van der Waals surface area contributed by atoms with Gasteiger partial charge in [-0.15, -0.1) is 0 Å². The fourth-order valence-corrected chi connectivity index (χ4v) is 3.95. The van der Waals surface area contributed by atoms with Crippen molar-refractivity contribution in [3.05, 3.63) is 89.3 Å². The molecule has 0 spiro atoms. The normalized spacial score (nSPS) is 14.1. The maximum atomic E-state index is 13.1. The molecule has 0 saturated heterocycles. The molecule has 0 saturated carbocycles. The Bertz CT molecular complexity index is 1380. The number of hydrogen-bond acceptors (Lipinski definition) is 9. The van der Waals surface area contributed by atoms with Crippen molar-refractivity contribution in [3.63, 3.8) is 0 Å². The standard InChI is InChI=1S/C24H22FN9O/c25-15-5-7-16(8-6-15)33-24(35)20-23(30-11-18(26)34-20)28-9-13-1-3-14(4-2-13)17-10-29-22-19(17)21(27)31-12-32-22/h1-8,11-12,17H,9-10H2,(H2,26,34)(H,28,30)(H,33,35)(H3,27,29,31,32). The summed E-state index contributed by atoms with van der Waals surface area (Å²) in [5, 5.41) is 9.08. The average Bonchev–Trinajstić information content (AvgIpc) is 3.30. The molecule has 3 heterocycles. The largest absolute Gasteiger partial charge is 0.383 e. The Balaban J connectivity index is 1.29. The third-order valence-electron chi connectivity index (χ3n) is 5.69. The molecule has 2 aromatic heterocycles. The van der Waals surface area contributed by atoms with Crippen LogP contribution in [0.1, 0.15) is 33.1 Å². The van der Waals surface area contributed by atoms with Crippen LogP contribution < -0.4 is 27.4 Å². The number of halogens is 1. The summed E-state index contributed by atoms with van der Waals surface area (Å²) in [4.78, 5) is 29.5. The third-order valence-corrected chi connectivity index (χ3v) is 5.69. The quantitative estimate of drug-likeness (QED) is 0.285. The number of carbonyl (C=O) groups excluding carboxylic acids is 1. The summed E-state index contributed by atoms with van der Waals surface area (Å²) in [6.07, 6.45) is 2.82. The van der Waals surface area contributed by atoms with E-state index in [-0.39, 0.29) is 23.2 Å². The van der Waals surface area contributed by atoms with Gasteiger partial charge >= 0.3 is 0 Å². The van der Waals surface area contributed by atoms with Crippen molar-refractivity contribution in [2.75, 3.05) is 34.0 Å². The van der Waals surface area contributed by atoms with E-state index in [1.165, 1.54) is 36.8 Å². The van der Waals surface area contributed by atoms with Gasteiger partial charge in [0.25, 0.3) is 5.91 Å². The number of fused-ring (bicyclic) bond motifs is 1. The van der Waals surface area contributed by atoms with Crippen LogP contribution >= 0.6 is 0 Å². The number of nitrogens with zero attached hydrogens (tertiary/aromatic N) is 4. The lowest BCUT2D eigenvalue weighted by molar-refractivity contribution is 0.102. The van der Waals surface area contributed by atoms with Crippen LogP contribution in [0.5, 0.6) is 0 Å². The van der Waals surface area contributed by atoms with Crippen molar-refractivity contribution < 1.29 is 9.18 Å². The van der Waals surface area contributed by atoms with Crippen LogP contribution in [0.4, 0.5) is 33.3 Å². The van der Waals surface area contributed by atoms with Crippen molar-refractivity contribution in [3.8, 4) is 0 Å². The predicted molar refractivity (Wildman–Crippen MR) is 131 cm³/mol. The monoisotopic (exact) mass is 471 g/mol. The second kappa shape index (κ2) is 9.21. The predicted octanol–water partition coefficient (Wildman–Crippen LogP) is 2.99. The van der Waals surface area contributed by atoms with Crippen LogP contribution in [-0.2, 0) is 6.54 Å². The van der Waals surface area contributed by atoms with Crippen molar-refractivity contribution in [2.45, 2.75) is 12.5 Å². The van der Waals surface area contributed by atoms with Crippen molar-refractivity contribution in [1.82, 2.24) is 19.9 Å². The van der Waals surface area contributed by atoms with Gasteiger partial charge in [-0.1, -0.05) is 24.3 Å². The summed E-state index contributed by atoms with van der Waals surface area (Å²) in [5.41, 5.74) is 15.3. The highest BCUT2D eigenvalue weighted by molar-refractivity contribution is 6.06. The Labute approximate surface area is 200 Å². The van der Waals surface area contributed by atoms with E-state index < -0.39 is 11.7 Å². The van der Waals surface area contributed by atoms with E-state index >= 15 is 0 Å². The highest BCUT2D eigenvalue weighted by Gasteiger charge is 2.27. The van der Waals surface area contributed by atoms with Gasteiger partial charge in [-0.2, -0.15) is 0 Å². The van der Waals surface area contributed by atoms with Crippen LogP contribution in [-0.4, -0.2) is 32.4 Å². The van der Waals surface area contributed by atoms with E-state index in [1.807, 2.05) is 24.3 Å². The van der Waals surface area contributed by atoms with Gasteiger partial charge in [-0.3, -0.25) is 4.79 Å². The number of hydrogen-bond donors (Lipinski definition) is 5. The van der Waals surface area contributed by atoms with Gasteiger partial charge in [0, 0.05) is 30.3 Å². The SMILES string of the molecule is Nc1cnc(NCc2ccc(C3CNc4ncnc(N)c43)cc2)c(C(=O)Nc2ccc(F)cc2)n1. The molecule has 1 unspecified atom stereocenters. The van der Waals surface area contributed by atoms with Gasteiger partial charge in [0.05, 0.1) is 6.20 Å². The van der Waals surface area contributed by atoms with Crippen LogP contribution in [0.15, 0.2) is 61.1 Å². The summed E-state index contributed by atoms with van der Waals surface area (Å²) < 4.78 is 13.1. The maximum Gasteiger partial charge on any atom is 0.278 e. The van der Waals surface area contributed by atoms with Crippen LogP contribution in [0.2, 0.25) is 0 Å². The molecule has 1 aliphatic rings. The minimum Gasteiger partial charge on any atom is -0.383 e. The Morgan fingerprint density at radius 2 is 1.83 bits per heavy atom. The first-order valence-corrected chi connectivity index (χ1v) is 10.8. The van der Waals surface area contributed by atoms with Crippen molar-refractivity contribution in [1.29, 1.82) is 0 Å². The van der Waals surface area contributed by atoms with Gasteiger partial charge in [0.1, 0.15) is 29.6 Å². The summed E-state index contributed by atoms with van der Waals surface area (Å²) in [5.74, 6) is 0.787. The Morgan fingerprint density at radius 3 is 2.60 bits per heavy atom. The second-order valence-electron chi connectivity index (χ2n) is 8.00. The zero-order chi connectivity index (χ0) is 24.4. The summed E-state index contributed by atoms with van der Waals surface area (Å²) in [6.45, 7) is 1.10. The van der Waals surface area contributed by atoms with Gasteiger partial charge in [0.15, 0.2) is 11.5 Å². The first kappa shape index (κ1) is 22.0. The highest BCUT2D eigenvalue weighted by Crippen LogP contribution is 2.37. The van der Waals surface area contributed by atoms with Gasteiger partial charge in [-0.25, -0.2) is 24.3 Å². The Morgan fingerprint density at radius 1 is 1.06 bits per heavy atom. The van der Waals surface area contributed by atoms with Gasteiger partial charge < -0.3 is 27.4 Å². The molecule has 1 amide bonds. The molecule has 11 heteroatoms. The minimum absolute atomic E-state index is 0.0371. The number of rotatable bonds is 6. The highest BCUT2D eigenvalue weighted by atomic mass is 19.1. The number of carbonyl (C=O) groups is 1. The zero-order valence-electron chi connectivity index (χ0n) is 18.5. The zero-order valence-corrected chi connectivity index (χ0v) is 18.5. The molecule has 176 valence electrons. The average molecular weight is 472 g/mol. The van der Waals surface area contributed by atoms with Crippen molar-refractivity contribution in [2.24, 2.45) is 0 Å². The Hall–Kier alpha value is -4.80. The molecule has 4 aromatic rings. The molecule has 7 N–H and O–H groups in total. The first-order chi connectivity index (χ1) is 17.0. The van der Waals surface area contributed by atoms with Crippen LogP contribution in [0.3, 0.4) is 0 Å². The molecule has 0 aliphatic carbocycles. The molecule has 1 aliphatic heterocycles. The van der Waals surface area contributed by atoms with Gasteiger partial charge in [0.2, 0.25) is 0 Å². The molecule has 5 rings (SSSR count). The van der Waals surface area contributed by atoms with E-state index in [0.717, 1.165) is 22.5 Å². The molecular formula is C24H22FN9O. The molecular weight excluding hydrogens is 449 g/mol. The van der Waals surface area contributed by atoms with E-state index in [1.54, 1.807) is 0 Å². The van der Waals surface area contributed by atoms with E-state index in [4.69, 9.17) is 11.5 Å². The summed E-state index contributed by atoms with van der Waals surface area (Å²) in [6, 6.07) is 13.5. The molecule has 0 fully saturated rings. The molecule has 0 radical (unpaired) electrons. The number of benzene rings is 2. The lowest BCUT2D eigenvalue weighted by atomic mass is 9.93. The molecule has 1 atom stereocenters. The fourth-order valence-electron chi connectivity index (χ4n) is 3.95. The number of nitrogens with two attached hydrogens (primary N) is 2. The molecule has 0 bridgehead atoms. The minimum atomic E-state index is -0.513. The number of anilines is 5. The third kappa shape index (κ3) is 4.64. The summed E-state index contributed by atoms with van der Waals surface area (Å²) >= 11 is 0. The molecule has 10 nitrogen and oxygen atoms in total. The Kier molecular flexibility index (Phi) is 5.80. The van der Waals surface area contributed by atoms with Crippen molar-refractivity contribution >= 4 is 34.9 Å². The number of nitrogen functional groups attached to an aromatic ring is 2. The second-order valence-corrected chi connectivity index (χ2v) is 8.00. The van der Waals surface area contributed by atoms with Crippen LogP contribution in [0.25, 0.3) is 0 Å². The number of amides is 1.